The van der Waals surface area contributed by atoms with E-state index in [1.54, 1.807) is 0 Å². The van der Waals surface area contributed by atoms with Crippen molar-refractivity contribution in [2.24, 2.45) is 5.92 Å². The van der Waals surface area contributed by atoms with Crippen molar-refractivity contribution >= 4 is 0 Å². The second-order valence-corrected chi connectivity index (χ2v) is 7.36. The fourth-order valence-corrected chi connectivity index (χ4v) is 4.22. The Hall–Kier alpha value is -1.34. The molecule has 3 aliphatic rings. The first-order chi connectivity index (χ1) is 11.6. The van der Waals surface area contributed by atoms with Crippen LogP contribution < -0.4 is 20.3 Å². The lowest BCUT2D eigenvalue weighted by atomic mass is 9.86. The molecule has 2 saturated heterocycles. The third-order valence-corrected chi connectivity index (χ3v) is 5.78. The van der Waals surface area contributed by atoms with Gasteiger partial charge in [-0.15, -0.1) is 0 Å². The summed E-state index contributed by atoms with van der Waals surface area (Å²) in [5.74, 6) is 2.34. The van der Waals surface area contributed by atoms with Gasteiger partial charge in [-0.05, 0) is 44.5 Å². The fourth-order valence-electron chi connectivity index (χ4n) is 4.22. The maximum absolute atomic E-state index is 10.7. The lowest BCUT2D eigenvalue weighted by Crippen LogP contribution is -2.47. The summed E-state index contributed by atoms with van der Waals surface area (Å²) in [4.78, 5) is 2.40. The highest BCUT2D eigenvalue weighted by atomic mass is 16.7. The summed E-state index contributed by atoms with van der Waals surface area (Å²) in [7, 11) is 0. The van der Waals surface area contributed by atoms with Crippen LogP contribution in [0.25, 0.3) is 0 Å². The van der Waals surface area contributed by atoms with E-state index in [1.807, 2.05) is 12.1 Å². The zero-order valence-electron chi connectivity index (χ0n) is 14.4. The molecule has 132 valence electrons. The normalized spacial score (nSPS) is 36.2. The van der Waals surface area contributed by atoms with Crippen LogP contribution in [0.5, 0.6) is 11.5 Å². The monoisotopic (exact) mass is 333 g/mol. The third kappa shape index (κ3) is 2.99. The zero-order chi connectivity index (χ0) is 16.7. The highest BCUT2D eigenvalue weighted by Crippen LogP contribution is 2.37. The number of hydrogen-bond acceptors (Lipinski definition) is 6. The molecule has 3 N–H and O–H groups in total. The Morgan fingerprint density at radius 2 is 1.92 bits per heavy atom. The first kappa shape index (κ1) is 16.1. The van der Waals surface area contributed by atoms with E-state index in [2.05, 4.69) is 35.7 Å². The van der Waals surface area contributed by atoms with Crippen LogP contribution in [0.15, 0.2) is 18.2 Å². The van der Waals surface area contributed by atoms with Crippen LogP contribution in [-0.4, -0.2) is 54.6 Å². The first-order valence-electron chi connectivity index (χ1n) is 8.93. The van der Waals surface area contributed by atoms with Gasteiger partial charge < -0.3 is 19.5 Å². The number of aliphatic hydroxyl groups excluding tert-OH is 1. The molecule has 3 heterocycles. The number of benzene rings is 1. The number of fused-ring (bicyclic) bond motifs is 1. The van der Waals surface area contributed by atoms with Crippen LogP contribution >= 0.6 is 0 Å². The summed E-state index contributed by atoms with van der Waals surface area (Å²) in [5, 5.41) is 10.7. The third-order valence-electron chi connectivity index (χ3n) is 5.78. The van der Waals surface area contributed by atoms with Gasteiger partial charge in [-0.3, -0.25) is 10.9 Å². The Labute approximate surface area is 143 Å². The van der Waals surface area contributed by atoms with Gasteiger partial charge in [-0.2, -0.15) is 0 Å². The Morgan fingerprint density at radius 3 is 2.67 bits per heavy atom. The predicted molar refractivity (Wildman–Crippen MR) is 91.1 cm³/mol. The molecule has 0 saturated carbocycles. The molecular formula is C18H27N3O3. The van der Waals surface area contributed by atoms with Crippen molar-refractivity contribution in [3.05, 3.63) is 23.8 Å². The van der Waals surface area contributed by atoms with Gasteiger partial charge >= 0.3 is 0 Å². The fraction of sp³-hybridized carbons (Fsp3) is 0.667. The Balaban J connectivity index is 1.39. The molecule has 6 nitrogen and oxygen atoms in total. The molecule has 3 aliphatic heterocycles. The minimum Gasteiger partial charge on any atom is -0.454 e. The van der Waals surface area contributed by atoms with Gasteiger partial charge in [0.15, 0.2) is 11.5 Å². The van der Waals surface area contributed by atoms with Gasteiger partial charge in [0.2, 0.25) is 6.79 Å². The molecule has 1 aromatic carbocycles. The molecule has 6 heteroatoms. The molecule has 0 aromatic heterocycles. The van der Waals surface area contributed by atoms with E-state index in [0.717, 1.165) is 43.1 Å². The van der Waals surface area contributed by atoms with Crippen molar-refractivity contribution in [2.45, 2.75) is 44.4 Å². The van der Waals surface area contributed by atoms with E-state index >= 15 is 0 Å². The first-order valence-corrected chi connectivity index (χ1v) is 8.93. The SMILES string of the molecule is CC1NNC(C)C1CN1CC[C@H](c2ccc3c(c2)OCO3)[C@@H](O)C1. The summed E-state index contributed by atoms with van der Waals surface area (Å²) >= 11 is 0. The van der Waals surface area contributed by atoms with E-state index < -0.39 is 0 Å². The molecule has 4 rings (SSSR count). The summed E-state index contributed by atoms with van der Waals surface area (Å²) in [5.41, 5.74) is 7.78. The van der Waals surface area contributed by atoms with Gasteiger partial charge in [-0.1, -0.05) is 6.07 Å². The van der Waals surface area contributed by atoms with Gasteiger partial charge in [0.05, 0.1) is 6.10 Å². The lowest BCUT2D eigenvalue weighted by molar-refractivity contribution is 0.0421. The van der Waals surface area contributed by atoms with Crippen LogP contribution in [0.4, 0.5) is 0 Å². The van der Waals surface area contributed by atoms with Crippen LogP contribution in [0.3, 0.4) is 0 Å². The molecule has 0 spiro atoms. The van der Waals surface area contributed by atoms with Gasteiger partial charge in [-0.25, -0.2) is 0 Å². The quantitative estimate of drug-likeness (QED) is 0.769. The van der Waals surface area contributed by atoms with Crippen molar-refractivity contribution in [3.8, 4) is 11.5 Å². The average Bonchev–Trinajstić information content (AvgIpc) is 3.16. The van der Waals surface area contributed by atoms with Crippen molar-refractivity contribution in [1.82, 2.24) is 15.8 Å². The number of nitrogens with zero attached hydrogens (tertiary/aromatic N) is 1. The number of likely N-dealkylation sites (tertiary alicyclic amines) is 1. The molecule has 0 radical (unpaired) electrons. The number of hydrogen-bond donors (Lipinski definition) is 3. The van der Waals surface area contributed by atoms with Crippen LogP contribution in [0, 0.1) is 5.92 Å². The van der Waals surface area contributed by atoms with Crippen molar-refractivity contribution in [3.63, 3.8) is 0 Å². The lowest BCUT2D eigenvalue weighted by Gasteiger charge is -2.38. The summed E-state index contributed by atoms with van der Waals surface area (Å²) in [6, 6.07) is 6.97. The van der Waals surface area contributed by atoms with E-state index in [0.29, 0.717) is 24.8 Å². The van der Waals surface area contributed by atoms with Crippen molar-refractivity contribution < 1.29 is 14.6 Å². The minimum atomic E-state index is -0.341. The number of rotatable bonds is 3. The molecule has 2 unspecified atom stereocenters. The maximum Gasteiger partial charge on any atom is 0.231 e. The van der Waals surface area contributed by atoms with Gasteiger partial charge in [0.25, 0.3) is 0 Å². The van der Waals surface area contributed by atoms with E-state index in [-0.39, 0.29) is 12.0 Å². The van der Waals surface area contributed by atoms with E-state index in [1.165, 1.54) is 0 Å². The van der Waals surface area contributed by atoms with Crippen molar-refractivity contribution in [1.29, 1.82) is 0 Å². The predicted octanol–water partition coefficient (Wildman–Crippen LogP) is 1.07. The topological polar surface area (TPSA) is 66.0 Å². The Kier molecular flexibility index (Phi) is 4.39. The van der Waals surface area contributed by atoms with Gasteiger partial charge in [0, 0.05) is 37.0 Å². The Morgan fingerprint density at radius 1 is 1.17 bits per heavy atom. The smallest absolute Gasteiger partial charge is 0.231 e. The average molecular weight is 333 g/mol. The van der Waals surface area contributed by atoms with Gasteiger partial charge in [0.1, 0.15) is 0 Å². The standard InChI is InChI=1S/C18H27N3O3/c1-11-15(12(2)20-19-11)8-21-6-5-14(16(22)9-21)13-3-4-17-18(7-13)24-10-23-17/h3-4,7,11-12,14-16,19-20,22H,5-6,8-10H2,1-2H3/t11?,12?,14-,15?,16+/m1/s1. The second-order valence-electron chi connectivity index (χ2n) is 7.36. The number of piperidine rings is 1. The van der Waals surface area contributed by atoms with E-state index in [4.69, 9.17) is 9.47 Å². The van der Waals surface area contributed by atoms with Crippen LogP contribution in [0.1, 0.15) is 31.7 Å². The molecule has 0 bridgehead atoms. The molecule has 0 aliphatic carbocycles. The summed E-state index contributed by atoms with van der Waals surface area (Å²) in [6.45, 7) is 7.50. The molecule has 4 atom stereocenters. The number of aliphatic hydroxyl groups is 1. The zero-order valence-corrected chi connectivity index (χ0v) is 14.4. The minimum absolute atomic E-state index is 0.172. The number of β-amino-alcohol motifs (C(OH)–C–C–N with tert-alkyl or cyclic N) is 1. The highest BCUT2D eigenvalue weighted by Gasteiger charge is 2.35. The highest BCUT2D eigenvalue weighted by molar-refractivity contribution is 5.45. The molecule has 2 fully saturated rings. The number of ether oxygens (including phenoxy) is 2. The Bertz CT molecular complexity index is 587. The van der Waals surface area contributed by atoms with Crippen molar-refractivity contribution in [2.75, 3.05) is 26.4 Å². The summed E-state index contributed by atoms with van der Waals surface area (Å²) in [6.07, 6.45) is 0.629. The van der Waals surface area contributed by atoms with Crippen LogP contribution in [-0.2, 0) is 0 Å². The second kappa shape index (κ2) is 6.52. The molecular weight excluding hydrogens is 306 g/mol. The largest absolute Gasteiger partial charge is 0.454 e. The number of hydrazine groups is 1. The van der Waals surface area contributed by atoms with E-state index in [9.17, 15) is 5.11 Å². The molecule has 0 amide bonds. The summed E-state index contributed by atoms with van der Waals surface area (Å²) < 4.78 is 10.8. The molecule has 24 heavy (non-hydrogen) atoms. The van der Waals surface area contributed by atoms with Crippen LogP contribution in [0.2, 0.25) is 0 Å². The maximum atomic E-state index is 10.7. The number of nitrogens with one attached hydrogen (secondary N) is 2. The molecule has 1 aromatic rings.